The number of halogens is 2. The standard InChI is InChI=1S/C19H21Cl2N3O/c1-11-18(12-4-6-24(11)7-5-12)23-19(25)17-3-2-16(22-17)13-8-14(20)10-15(21)9-13/h2-3,8-12,18,22H,4-7H2,1H3,(H,23,25)/t11-,18+/m1/s1. The number of fused-ring (bicyclic) bond motifs is 3. The van der Waals surface area contributed by atoms with Gasteiger partial charge >= 0.3 is 0 Å². The molecule has 0 radical (unpaired) electrons. The number of nitrogens with one attached hydrogen (secondary N) is 2. The third-order valence-electron chi connectivity index (χ3n) is 5.58. The van der Waals surface area contributed by atoms with Crippen LogP contribution in [0.25, 0.3) is 11.3 Å². The lowest BCUT2D eigenvalue weighted by molar-refractivity contribution is 0.0216. The summed E-state index contributed by atoms with van der Waals surface area (Å²) in [5.41, 5.74) is 2.26. The molecule has 2 bridgehead atoms. The van der Waals surface area contributed by atoms with Crippen LogP contribution >= 0.6 is 23.2 Å². The first-order valence-electron chi connectivity index (χ1n) is 8.71. The van der Waals surface area contributed by atoms with Crippen molar-refractivity contribution in [3.8, 4) is 11.3 Å². The number of piperidine rings is 3. The summed E-state index contributed by atoms with van der Waals surface area (Å²) in [6, 6.07) is 9.67. The zero-order chi connectivity index (χ0) is 17.6. The molecule has 5 rings (SSSR count). The van der Waals surface area contributed by atoms with E-state index in [1.165, 1.54) is 12.8 Å². The number of carbonyl (C=O) groups excluding carboxylic acids is 1. The smallest absolute Gasteiger partial charge is 0.267 e. The summed E-state index contributed by atoms with van der Waals surface area (Å²) < 4.78 is 0. The summed E-state index contributed by atoms with van der Waals surface area (Å²) >= 11 is 12.1. The van der Waals surface area contributed by atoms with E-state index in [0.29, 0.717) is 27.7 Å². The van der Waals surface area contributed by atoms with Crippen LogP contribution in [0.4, 0.5) is 0 Å². The Morgan fingerprint density at radius 3 is 2.48 bits per heavy atom. The van der Waals surface area contributed by atoms with E-state index in [0.717, 1.165) is 24.3 Å². The van der Waals surface area contributed by atoms with E-state index in [9.17, 15) is 4.79 Å². The molecule has 3 aliphatic heterocycles. The summed E-state index contributed by atoms with van der Waals surface area (Å²) in [5.74, 6) is 0.537. The van der Waals surface area contributed by atoms with E-state index >= 15 is 0 Å². The maximum Gasteiger partial charge on any atom is 0.267 e. The van der Waals surface area contributed by atoms with E-state index in [1.54, 1.807) is 6.07 Å². The normalized spacial score (nSPS) is 28.1. The molecule has 1 aromatic heterocycles. The number of rotatable bonds is 3. The summed E-state index contributed by atoms with van der Waals surface area (Å²) in [5, 5.41) is 4.39. The zero-order valence-electron chi connectivity index (χ0n) is 14.1. The molecule has 1 aromatic carbocycles. The van der Waals surface area contributed by atoms with Crippen LogP contribution in [0.5, 0.6) is 0 Å². The van der Waals surface area contributed by atoms with Crippen LogP contribution < -0.4 is 5.32 Å². The van der Waals surface area contributed by atoms with Gasteiger partial charge in [0, 0.05) is 33.4 Å². The van der Waals surface area contributed by atoms with E-state index < -0.39 is 0 Å². The van der Waals surface area contributed by atoms with Crippen LogP contribution in [-0.2, 0) is 0 Å². The highest BCUT2D eigenvalue weighted by Gasteiger charge is 2.40. The number of amides is 1. The second kappa shape index (κ2) is 6.67. The molecule has 4 heterocycles. The number of aromatic amines is 1. The summed E-state index contributed by atoms with van der Waals surface area (Å²) in [4.78, 5) is 18.4. The average Bonchev–Trinajstić information content (AvgIpc) is 3.08. The van der Waals surface area contributed by atoms with Crippen molar-refractivity contribution in [2.75, 3.05) is 13.1 Å². The first kappa shape index (κ1) is 17.0. The van der Waals surface area contributed by atoms with Gasteiger partial charge in [0.05, 0.1) is 0 Å². The quantitative estimate of drug-likeness (QED) is 0.841. The van der Waals surface area contributed by atoms with E-state index in [4.69, 9.17) is 23.2 Å². The third kappa shape index (κ3) is 3.31. The first-order valence-corrected chi connectivity index (χ1v) is 9.47. The van der Waals surface area contributed by atoms with Crippen molar-refractivity contribution in [3.05, 3.63) is 46.1 Å². The van der Waals surface area contributed by atoms with Gasteiger partial charge in [-0.15, -0.1) is 0 Å². The third-order valence-corrected chi connectivity index (χ3v) is 6.02. The largest absolute Gasteiger partial charge is 0.351 e. The second-order valence-electron chi connectivity index (χ2n) is 7.06. The van der Waals surface area contributed by atoms with E-state index in [1.807, 2.05) is 24.3 Å². The number of H-pyrrole nitrogens is 1. The van der Waals surface area contributed by atoms with Crippen molar-refractivity contribution < 1.29 is 4.79 Å². The van der Waals surface area contributed by atoms with Crippen LogP contribution in [-0.4, -0.2) is 41.0 Å². The van der Waals surface area contributed by atoms with Gasteiger partial charge in [-0.2, -0.15) is 0 Å². The monoisotopic (exact) mass is 377 g/mol. The second-order valence-corrected chi connectivity index (χ2v) is 7.93. The van der Waals surface area contributed by atoms with Crippen LogP contribution in [0.2, 0.25) is 10.0 Å². The molecule has 3 saturated heterocycles. The molecule has 0 saturated carbocycles. The van der Waals surface area contributed by atoms with Gasteiger partial charge in [0.2, 0.25) is 0 Å². The Morgan fingerprint density at radius 1 is 1.16 bits per heavy atom. The number of hydrogen-bond donors (Lipinski definition) is 2. The van der Waals surface area contributed by atoms with E-state index in [2.05, 4.69) is 22.1 Å². The van der Waals surface area contributed by atoms with Gasteiger partial charge in [-0.25, -0.2) is 0 Å². The Balaban J connectivity index is 1.51. The fourth-order valence-electron chi connectivity index (χ4n) is 4.18. The number of nitrogens with zero attached hydrogens (tertiary/aromatic N) is 1. The molecule has 1 amide bonds. The van der Waals surface area contributed by atoms with Crippen molar-refractivity contribution in [3.63, 3.8) is 0 Å². The molecule has 4 nitrogen and oxygen atoms in total. The van der Waals surface area contributed by atoms with Gasteiger partial charge in [0.15, 0.2) is 0 Å². The Morgan fingerprint density at radius 2 is 1.84 bits per heavy atom. The minimum Gasteiger partial charge on any atom is -0.351 e. The molecule has 0 spiro atoms. The summed E-state index contributed by atoms with van der Waals surface area (Å²) in [6.45, 7) is 4.52. The van der Waals surface area contributed by atoms with Crippen molar-refractivity contribution >= 4 is 29.1 Å². The highest BCUT2D eigenvalue weighted by molar-refractivity contribution is 6.35. The molecule has 6 heteroatoms. The minimum absolute atomic E-state index is 0.0509. The van der Waals surface area contributed by atoms with Crippen LogP contribution in [0, 0.1) is 5.92 Å². The predicted molar refractivity (Wildman–Crippen MR) is 101 cm³/mol. The molecular formula is C19H21Cl2N3O. The topological polar surface area (TPSA) is 48.1 Å². The molecule has 3 fully saturated rings. The lowest BCUT2D eigenvalue weighted by atomic mass is 9.79. The first-order chi connectivity index (χ1) is 12.0. The van der Waals surface area contributed by atoms with Gasteiger partial charge < -0.3 is 10.3 Å². The molecule has 3 aliphatic rings. The fraction of sp³-hybridized carbons (Fsp3) is 0.421. The van der Waals surface area contributed by atoms with Gasteiger partial charge in [-0.1, -0.05) is 23.2 Å². The molecule has 2 atom stereocenters. The van der Waals surface area contributed by atoms with Crippen LogP contribution in [0.15, 0.2) is 30.3 Å². The number of aromatic nitrogens is 1. The average molecular weight is 378 g/mol. The molecule has 0 aliphatic carbocycles. The van der Waals surface area contributed by atoms with Gasteiger partial charge in [-0.3, -0.25) is 9.69 Å². The molecule has 2 N–H and O–H groups in total. The van der Waals surface area contributed by atoms with Gasteiger partial charge in [0.25, 0.3) is 5.91 Å². The lowest BCUT2D eigenvalue weighted by Crippen LogP contribution is -2.62. The maximum absolute atomic E-state index is 12.7. The Bertz CT molecular complexity index is 773. The molecule has 0 unspecified atom stereocenters. The molecule has 2 aromatic rings. The highest BCUT2D eigenvalue weighted by Crippen LogP contribution is 2.32. The Kier molecular flexibility index (Phi) is 4.52. The molecular weight excluding hydrogens is 357 g/mol. The van der Waals surface area contributed by atoms with Gasteiger partial charge in [0.1, 0.15) is 5.69 Å². The highest BCUT2D eigenvalue weighted by atomic mass is 35.5. The number of carbonyl (C=O) groups is 1. The van der Waals surface area contributed by atoms with Crippen LogP contribution in [0.3, 0.4) is 0 Å². The molecule has 132 valence electrons. The van der Waals surface area contributed by atoms with Crippen molar-refractivity contribution in [2.24, 2.45) is 5.92 Å². The van der Waals surface area contributed by atoms with Gasteiger partial charge in [-0.05, 0) is 69.1 Å². The summed E-state index contributed by atoms with van der Waals surface area (Å²) in [7, 11) is 0. The van der Waals surface area contributed by atoms with Crippen molar-refractivity contribution in [2.45, 2.75) is 31.8 Å². The fourth-order valence-corrected chi connectivity index (χ4v) is 4.71. The Hall–Kier alpha value is -1.49. The van der Waals surface area contributed by atoms with Crippen molar-refractivity contribution in [1.82, 2.24) is 15.2 Å². The zero-order valence-corrected chi connectivity index (χ0v) is 15.6. The predicted octanol–water partition coefficient (Wildman–Crippen LogP) is 4.20. The number of hydrogen-bond acceptors (Lipinski definition) is 2. The van der Waals surface area contributed by atoms with E-state index in [-0.39, 0.29) is 11.9 Å². The summed E-state index contributed by atoms with van der Waals surface area (Å²) in [6.07, 6.45) is 2.35. The Labute approximate surface area is 157 Å². The SMILES string of the molecule is C[C@@H]1[C@H](NC(=O)c2ccc(-c3cc(Cl)cc(Cl)c3)[nH]2)C2CCN1CC2. The van der Waals surface area contributed by atoms with Crippen LogP contribution in [0.1, 0.15) is 30.3 Å². The van der Waals surface area contributed by atoms with Crippen molar-refractivity contribution in [1.29, 1.82) is 0 Å². The molecule has 25 heavy (non-hydrogen) atoms. The lowest BCUT2D eigenvalue weighted by Gasteiger charge is -2.49. The number of benzene rings is 1. The maximum atomic E-state index is 12.7. The minimum atomic E-state index is -0.0509.